The smallest absolute Gasteiger partial charge is 0.383 e. The first kappa shape index (κ1) is 23.1. The van der Waals surface area contributed by atoms with Crippen molar-refractivity contribution in [2.45, 2.75) is 23.6 Å². The molecule has 0 aliphatic rings. The van der Waals surface area contributed by atoms with Crippen molar-refractivity contribution < 1.29 is 35.0 Å². The molecule has 1 N–H and O–H groups in total. The lowest BCUT2D eigenvalue weighted by molar-refractivity contribution is 0.125. The molecular formula is C14H24NO8PS2. The number of nitrogens with one attached hydrogen (secondary N) is 1. The zero-order chi connectivity index (χ0) is 20.0. The van der Waals surface area contributed by atoms with Crippen LogP contribution in [0.25, 0.3) is 0 Å². The first-order chi connectivity index (χ1) is 11.9. The van der Waals surface area contributed by atoms with Gasteiger partial charge in [-0.1, -0.05) is 0 Å². The monoisotopic (exact) mass is 429 g/mol. The molecule has 0 aromatic heterocycles. The number of sulfone groups is 2. The van der Waals surface area contributed by atoms with E-state index >= 15 is 0 Å². The van der Waals surface area contributed by atoms with Gasteiger partial charge in [0.05, 0.1) is 29.6 Å². The third kappa shape index (κ3) is 7.34. The quantitative estimate of drug-likeness (QED) is 0.416. The van der Waals surface area contributed by atoms with Crippen LogP contribution in [0.4, 0.5) is 5.69 Å². The number of rotatable bonds is 11. The van der Waals surface area contributed by atoms with Crippen molar-refractivity contribution in [3.05, 3.63) is 18.2 Å². The molecule has 12 heteroatoms. The van der Waals surface area contributed by atoms with Crippen LogP contribution in [0.1, 0.15) is 13.8 Å². The maximum absolute atomic E-state index is 12.1. The van der Waals surface area contributed by atoms with Crippen LogP contribution in [-0.2, 0) is 37.8 Å². The van der Waals surface area contributed by atoms with Crippen molar-refractivity contribution in [1.82, 2.24) is 0 Å². The maximum Gasteiger partial charge on any atom is 0.474 e. The normalized spacial score (nSPS) is 12.9. The highest BCUT2D eigenvalue weighted by Crippen LogP contribution is 2.48. The molecule has 0 saturated carbocycles. The number of hydrogen-bond donors (Lipinski definition) is 1. The molecule has 150 valence electrons. The third-order valence-electron chi connectivity index (χ3n) is 2.99. The lowest BCUT2D eigenvalue weighted by Gasteiger charge is -2.17. The van der Waals surface area contributed by atoms with Crippen LogP contribution in [0.15, 0.2) is 28.0 Å². The molecule has 1 aromatic rings. The van der Waals surface area contributed by atoms with Crippen molar-refractivity contribution in [1.29, 1.82) is 0 Å². The minimum absolute atomic E-state index is 0.0609. The average molecular weight is 429 g/mol. The van der Waals surface area contributed by atoms with E-state index in [1.165, 1.54) is 12.1 Å². The van der Waals surface area contributed by atoms with E-state index in [1.54, 1.807) is 13.8 Å². The number of phosphoric ester groups is 1. The molecule has 0 spiro atoms. The van der Waals surface area contributed by atoms with Gasteiger partial charge in [-0.2, -0.15) is 0 Å². The Hall–Kier alpha value is -0.970. The topological polar surface area (TPSA) is 125 Å². The van der Waals surface area contributed by atoms with E-state index in [0.717, 1.165) is 18.6 Å². The van der Waals surface area contributed by atoms with Crippen molar-refractivity contribution >= 4 is 33.2 Å². The van der Waals surface area contributed by atoms with Gasteiger partial charge in [-0.15, -0.1) is 0 Å². The summed E-state index contributed by atoms with van der Waals surface area (Å²) in [6.45, 7) is 3.67. The van der Waals surface area contributed by atoms with Gasteiger partial charge in [-0.3, -0.25) is 13.6 Å². The molecule has 0 amide bonds. The largest absolute Gasteiger partial charge is 0.474 e. The van der Waals surface area contributed by atoms with E-state index in [1.807, 2.05) is 0 Å². The number of benzene rings is 1. The maximum atomic E-state index is 12.1. The van der Waals surface area contributed by atoms with E-state index in [9.17, 15) is 21.4 Å². The Balaban J connectivity index is 2.89. The van der Waals surface area contributed by atoms with E-state index in [0.29, 0.717) is 0 Å². The lowest BCUT2D eigenvalue weighted by atomic mass is 10.3. The minimum atomic E-state index is -3.64. The molecule has 1 rings (SSSR count). The highest BCUT2D eigenvalue weighted by molar-refractivity contribution is 7.91. The molecule has 0 unspecified atom stereocenters. The zero-order valence-corrected chi connectivity index (χ0v) is 17.6. The van der Waals surface area contributed by atoms with Crippen molar-refractivity contribution in [2.75, 3.05) is 44.2 Å². The van der Waals surface area contributed by atoms with Gasteiger partial charge in [0.2, 0.25) is 0 Å². The van der Waals surface area contributed by atoms with Crippen LogP contribution in [0.3, 0.4) is 0 Å². The summed E-state index contributed by atoms with van der Waals surface area (Å²) in [5, 5.41) is 2.84. The van der Waals surface area contributed by atoms with E-state index in [-0.39, 0.29) is 41.8 Å². The lowest BCUT2D eigenvalue weighted by Crippen LogP contribution is -2.12. The molecular weight excluding hydrogens is 405 g/mol. The van der Waals surface area contributed by atoms with Crippen LogP contribution in [-0.4, -0.2) is 55.7 Å². The van der Waals surface area contributed by atoms with Crippen molar-refractivity contribution in [2.24, 2.45) is 0 Å². The van der Waals surface area contributed by atoms with Gasteiger partial charge < -0.3 is 5.32 Å². The molecule has 0 fully saturated rings. The fourth-order valence-electron chi connectivity index (χ4n) is 1.88. The second-order valence-electron chi connectivity index (χ2n) is 5.28. The SMILES string of the molecule is CCOP(=O)(OCC)OCCNc1cc(S(C)(=O)=O)cc(S(C)(=O)=O)c1. The molecule has 9 nitrogen and oxygen atoms in total. The van der Waals surface area contributed by atoms with Gasteiger partial charge in [0.15, 0.2) is 19.7 Å². The Morgan fingerprint density at radius 1 is 0.885 bits per heavy atom. The summed E-state index contributed by atoms with van der Waals surface area (Å²) in [5.41, 5.74) is 0.277. The van der Waals surface area contributed by atoms with E-state index < -0.39 is 27.5 Å². The highest BCUT2D eigenvalue weighted by Gasteiger charge is 2.24. The number of phosphoric acid groups is 1. The predicted molar refractivity (Wildman–Crippen MR) is 98.0 cm³/mol. The Labute approximate surface area is 154 Å². The van der Waals surface area contributed by atoms with Gasteiger partial charge >= 0.3 is 7.82 Å². The molecule has 0 saturated heterocycles. The van der Waals surface area contributed by atoms with Crippen LogP contribution >= 0.6 is 7.82 Å². The predicted octanol–water partition coefficient (Wildman–Crippen LogP) is 2.10. The highest BCUT2D eigenvalue weighted by atomic mass is 32.2. The fourth-order valence-corrected chi connectivity index (χ4v) is 4.49. The standard InChI is InChI=1S/C14H24NO8PS2/c1-5-21-24(16,22-6-2)23-8-7-15-12-9-13(25(3,17)18)11-14(10-12)26(4,19)20/h9-11,15H,5-8H2,1-4H3. The Kier molecular flexibility index (Phi) is 8.25. The number of hydrogen-bond acceptors (Lipinski definition) is 9. The summed E-state index contributed by atoms with van der Waals surface area (Å²) in [5.74, 6) is 0. The molecule has 26 heavy (non-hydrogen) atoms. The third-order valence-corrected chi connectivity index (χ3v) is 6.82. The summed E-state index contributed by atoms with van der Waals surface area (Å²) in [4.78, 5) is -0.253. The Bertz CT molecular complexity index is 807. The molecule has 0 aliphatic heterocycles. The van der Waals surface area contributed by atoms with E-state index in [4.69, 9.17) is 13.6 Å². The summed E-state index contributed by atoms with van der Waals surface area (Å²) in [6, 6.07) is 3.73. The fraction of sp³-hybridized carbons (Fsp3) is 0.571. The first-order valence-electron chi connectivity index (χ1n) is 7.74. The molecule has 0 aliphatic carbocycles. The van der Waals surface area contributed by atoms with Gasteiger partial charge in [0, 0.05) is 24.7 Å². The van der Waals surface area contributed by atoms with Crippen LogP contribution in [0, 0.1) is 0 Å². The number of anilines is 1. The van der Waals surface area contributed by atoms with Crippen molar-refractivity contribution in [3.63, 3.8) is 0 Å². The Morgan fingerprint density at radius 3 is 1.73 bits per heavy atom. The molecule has 0 bridgehead atoms. The summed E-state index contributed by atoms with van der Waals surface area (Å²) in [6.07, 6.45) is 1.98. The minimum Gasteiger partial charge on any atom is -0.383 e. The van der Waals surface area contributed by atoms with Gasteiger partial charge in [-0.05, 0) is 32.0 Å². The zero-order valence-electron chi connectivity index (χ0n) is 15.1. The second-order valence-corrected chi connectivity index (χ2v) is 11.0. The molecule has 0 radical (unpaired) electrons. The van der Waals surface area contributed by atoms with Gasteiger partial charge in [0.25, 0.3) is 0 Å². The first-order valence-corrected chi connectivity index (χ1v) is 13.0. The molecule has 0 atom stereocenters. The van der Waals surface area contributed by atoms with Crippen molar-refractivity contribution in [3.8, 4) is 0 Å². The summed E-state index contributed by atoms with van der Waals surface area (Å²) in [7, 11) is -10.8. The summed E-state index contributed by atoms with van der Waals surface area (Å²) < 4.78 is 74.2. The summed E-state index contributed by atoms with van der Waals surface area (Å²) >= 11 is 0. The van der Waals surface area contributed by atoms with Crippen LogP contribution in [0.2, 0.25) is 0 Å². The van der Waals surface area contributed by atoms with Crippen LogP contribution in [0.5, 0.6) is 0 Å². The van der Waals surface area contributed by atoms with Gasteiger partial charge in [-0.25, -0.2) is 21.4 Å². The van der Waals surface area contributed by atoms with E-state index in [2.05, 4.69) is 5.32 Å². The average Bonchev–Trinajstić information content (AvgIpc) is 2.50. The Morgan fingerprint density at radius 2 is 1.35 bits per heavy atom. The molecule has 1 aromatic carbocycles. The van der Waals surface area contributed by atoms with Gasteiger partial charge in [0.1, 0.15) is 0 Å². The van der Waals surface area contributed by atoms with Crippen LogP contribution < -0.4 is 5.32 Å². The molecule has 0 heterocycles. The second kappa shape index (κ2) is 9.29.